The lowest BCUT2D eigenvalue weighted by molar-refractivity contribution is 0.00971. The summed E-state index contributed by atoms with van der Waals surface area (Å²) in [6.45, 7) is 2.60. The van der Waals surface area contributed by atoms with Gasteiger partial charge in [0.2, 0.25) is 0 Å². The molecule has 3 nitrogen and oxygen atoms in total. The summed E-state index contributed by atoms with van der Waals surface area (Å²) in [5, 5.41) is 0. The lowest BCUT2D eigenvalue weighted by Crippen LogP contribution is -2.46. The van der Waals surface area contributed by atoms with Crippen molar-refractivity contribution in [2.45, 2.75) is 25.4 Å². The minimum Gasteiger partial charge on any atom is -0.373 e. The molecule has 70 valence electrons. The van der Waals surface area contributed by atoms with Gasteiger partial charge in [0.05, 0.1) is 12.2 Å². The number of hydrogen-bond donors (Lipinski definition) is 0. The Morgan fingerprint density at radius 3 is 2.42 bits per heavy atom. The molecule has 3 rings (SSSR count). The van der Waals surface area contributed by atoms with Crippen LogP contribution in [0.5, 0.6) is 0 Å². The molecule has 2 heterocycles. The van der Waals surface area contributed by atoms with Crippen molar-refractivity contribution in [2.24, 2.45) is 5.41 Å². The van der Waals surface area contributed by atoms with Gasteiger partial charge in [-0.25, -0.2) is 0 Å². The van der Waals surface area contributed by atoms with Crippen LogP contribution < -0.4 is 0 Å². The van der Waals surface area contributed by atoms with Crippen molar-refractivity contribution in [2.75, 3.05) is 12.4 Å². The topological polar surface area (TPSA) is 43.4 Å². The second kappa shape index (κ2) is 2.01. The molecule has 1 saturated carbocycles. The molecule has 2 bridgehead atoms. The van der Waals surface area contributed by atoms with E-state index in [2.05, 4.69) is 0 Å². The molecule has 2 aliphatic heterocycles. The molecule has 0 aromatic carbocycles. The van der Waals surface area contributed by atoms with Gasteiger partial charge in [-0.1, -0.05) is 6.92 Å². The third-order valence-corrected chi connectivity index (χ3v) is 3.53. The summed E-state index contributed by atoms with van der Waals surface area (Å²) in [5.41, 5.74) is -0.562. The maximum atomic E-state index is 12.3. The number of halogens is 1. The van der Waals surface area contributed by atoms with E-state index in [0.29, 0.717) is 19.4 Å². The number of fused-ring (bicyclic) bond motifs is 1. The van der Waals surface area contributed by atoms with Gasteiger partial charge in [-0.3, -0.25) is 0 Å². The predicted octanol–water partition coefficient (Wildman–Crippen LogP) is 0.855. The fourth-order valence-corrected chi connectivity index (χ4v) is 3.41. The normalized spacial score (nSPS) is 45.8. The maximum Gasteiger partial charge on any atom is 0.305 e. The van der Waals surface area contributed by atoms with E-state index in [4.69, 9.17) is 4.74 Å². The van der Waals surface area contributed by atoms with Crippen LogP contribution in [0, 0.1) is 5.41 Å². The summed E-state index contributed by atoms with van der Waals surface area (Å²) >= 11 is 0. The molecule has 5 heteroatoms. The Kier molecular flexibility index (Phi) is 1.41. The van der Waals surface area contributed by atoms with Crippen LogP contribution in [-0.2, 0) is 15.0 Å². The first kappa shape index (κ1) is 8.44. The molecule has 3 aliphatic rings. The van der Waals surface area contributed by atoms with Gasteiger partial charge < -0.3 is 4.74 Å². The molecule has 0 N–H and O–H groups in total. The van der Waals surface area contributed by atoms with Crippen LogP contribution in [-0.4, -0.2) is 26.4 Å². The number of ether oxygens (including phenoxy) is 1. The average molecular weight is 194 g/mol. The fourth-order valence-electron chi connectivity index (χ4n) is 2.49. The van der Waals surface area contributed by atoms with Gasteiger partial charge in [0.15, 0.2) is 0 Å². The Hall–Kier alpha value is -0.160. The second-order valence-electron chi connectivity index (χ2n) is 4.32. The second-order valence-corrected chi connectivity index (χ2v) is 5.69. The molecule has 0 aromatic rings. The molecule has 0 spiro atoms. The van der Waals surface area contributed by atoms with E-state index in [0.717, 1.165) is 0 Å². The Morgan fingerprint density at radius 1 is 1.50 bits per heavy atom. The molecule has 0 unspecified atom stereocenters. The molecule has 0 atom stereocenters. The highest BCUT2D eigenvalue weighted by Gasteiger charge is 2.61. The Bertz CT molecular complexity index is 303. The van der Waals surface area contributed by atoms with Crippen LogP contribution in [0.3, 0.4) is 0 Å². The van der Waals surface area contributed by atoms with Crippen molar-refractivity contribution in [3.8, 4) is 0 Å². The SMILES string of the molecule is CC12COC(CS(=O)(=O)F)(C1)C2. The van der Waals surface area contributed by atoms with Crippen molar-refractivity contribution in [1.82, 2.24) is 0 Å². The zero-order chi connectivity index (χ0) is 9.04. The van der Waals surface area contributed by atoms with E-state index in [1.54, 1.807) is 0 Å². The van der Waals surface area contributed by atoms with Crippen molar-refractivity contribution in [3.63, 3.8) is 0 Å². The van der Waals surface area contributed by atoms with E-state index in [9.17, 15) is 12.3 Å². The molecular formula is C7H11FO3S. The summed E-state index contributed by atoms with van der Waals surface area (Å²) in [6, 6.07) is 0. The maximum absolute atomic E-state index is 12.3. The van der Waals surface area contributed by atoms with Gasteiger partial charge in [-0.15, -0.1) is 3.89 Å². The highest BCUT2D eigenvalue weighted by molar-refractivity contribution is 7.86. The quantitative estimate of drug-likeness (QED) is 0.612. The first-order chi connectivity index (χ1) is 5.33. The van der Waals surface area contributed by atoms with Gasteiger partial charge in [0.1, 0.15) is 5.75 Å². The molecule has 0 radical (unpaired) electrons. The van der Waals surface area contributed by atoms with Gasteiger partial charge >= 0.3 is 10.2 Å². The van der Waals surface area contributed by atoms with Gasteiger partial charge in [0.25, 0.3) is 0 Å². The first-order valence-electron chi connectivity index (χ1n) is 3.89. The summed E-state index contributed by atoms with van der Waals surface area (Å²) < 4.78 is 38.4. The van der Waals surface area contributed by atoms with Crippen LogP contribution in [0.4, 0.5) is 3.89 Å². The summed E-state index contributed by atoms with van der Waals surface area (Å²) in [6.07, 6.45) is 1.37. The highest BCUT2D eigenvalue weighted by Crippen LogP contribution is 2.57. The largest absolute Gasteiger partial charge is 0.373 e. The Morgan fingerprint density at radius 2 is 2.08 bits per heavy atom. The highest BCUT2D eigenvalue weighted by atomic mass is 32.3. The molecule has 3 fully saturated rings. The standard InChI is InChI=1S/C7H11FO3S/c1-6-2-7(3-6,11-4-6)5-12(8,9)10/h2-5H2,1H3. The van der Waals surface area contributed by atoms with Crippen LogP contribution in [0.2, 0.25) is 0 Å². The van der Waals surface area contributed by atoms with E-state index in [1.165, 1.54) is 0 Å². The fraction of sp³-hybridized carbons (Fsp3) is 1.00. The smallest absolute Gasteiger partial charge is 0.305 e. The van der Waals surface area contributed by atoms with Crippen LogP contribution >= 0.6 is 0 Å². The molecule has 0 amide bonds. The predicted molar refractivity (Wildman–Crippen MR) is 40.9 cm³/mol. The Balaban J connectivity index is 2.09. The molecule has 0 aromatic heterocycles. The van der Waals surface area contributed by atoms with E-state index >= 15 is 0 Å². The van der Waals surface area contributed by atoms with Gasteiger partial charge in [0, 0.05) is 0 Å². The van der Waals surface area contributed by atoms with E-state index in [1.807, 2.05) is 6.92 Å². The van der Waals surface area contributed by atoms with Crippen LogP contribution in [0.1, 0.15) is 19.8 Å². The zero-order valence-corrected chi connectivity index (χ0v) is 7.66. The molecule has 12 heavy (non-hydrogen) atoms. The lowest BCUT2D eigenvalue weighted by Gasteiger charge is -2.41. The van der Waals surface area contributed by atoms with Crippen molar-refractivity contribution >= 4 is 10.2 Å². The van der Waals surface area contributed by atoms with Gasteiger partial charge in [-0.2, -0.15) is 8.42 Å². The minimum atomic E-state index is -4.38. The Labute approximate surface area is 71.1 Å². The summed E-state index contributed by atoms with van der Waals surface area (Å²) in [7, 11) is -4.38. The number of rotatable bonds is 2. The van der Waals surface area contributed by atoms with Crippen molar-refractivity contribution < 1.29 is 17.0 Å². The minimum absolute atomic E-state index is 0.116. The van der Waals surface area contributed by atoms with Crippen molar-refractivity contribution in [3.05, 3.63) is 0 Å². The monoisotopic (exact) mass is 194 g/mol. The molecule has 1 aliphatic carbocycles. The van der Waals surface area contributed by atoms with E-state index in [-0.39, 0.29) is 5.41 Å². The van der Waals surface area contributed by atoms with Crippen LogP contribution in [0.15, 0.2) is 0 Å². The van der Waals surface area contributed by atoms with Gasteiger partial charge in [-0.05, 0) is 18.3 Å². The third-order valence-electron chi connectivity index (χ3n) is 2.66. The van der Waals surface area contributed by atoms with Crippen LogP contribution in [0.25, 0.3) is 0 Å². The zero-order valence-electron chi connectivity index (χ0n) is 6.84. The molecular weight excluding hydrogens is 183 g/mol. The number of hydrogen-bond acceptors (Lipinski definition) is 3. The summed E-state index contributed by atoms with van der Waals surface area (Å²) in [4.78, 5) is 0. The lowest BCUT2D eigenvalue weighted by atomic mass is 9.65. The average Bonchev–Trinajstić information content (AvgIpc) is 2.13. The third kappa shape index (κ3) is 1.25. The van der Waals surface area contributed by atoms with Crippen molar-refractivity contribution in [1.29, 1.82) is 0 Å². The molecule has 2 saturated heterocycles. The van der Waals surface area contributed by atoms with E-state index < -0.39 is 21.6 Å². The summed E-state index contributed by atoms with van der Waals surface area (Å²) in [5.74, 6) is -0.463. The first-order valence-corrected chi connectivity index (χ1v) is 5.44.